The van der Waals surface area contributed by atoms with Gasteiger partial charge in [-0.2, -0.15) is 0 Å². The molecule has 2 aliphatic rings. The monoisotopic (exact) mass is 217 g/mol. The van der Waals surface area contributed by atoms with Crippen LogP contribution in [0.4, 0.5) is 5.69 Å². The maximum Gasteiger partial charge on any atom is 0.0584 e. The number of hydrogen-bond acceptors (Lipinski definition) is 2. The predicted molar refractivity (Wildman–Crippen MR) is 65.9 cm³/mol. The minimum absolute atomic E-state index is 0.528. The van der Waals surface area contributed by atoms with E-state index in [4.69, 9.17) is 4.74 Å². The average Bonchev–Trinajstić information content (AvgIpc) is 2.17. The summed E-state index contributed by atoms with van der Waals surface area (Å²) in [7, 11) is 1.83. The first-order valence-corrected chi connectivity index (χ1v) is 6.05. The molecule has 3 rings (SSSR count). The van der Waals surface area contributed by atoms with Gasteiger partial charge in [0, 0.05) is 31.3 Å². The summed E-state index contributed by atoms with van der Waals surface area (Å²) in [4.78, 5) is 2.48. The molecule has 0 atom stereocenters. The Morgan fingerprint density at radius 1 is 1.19 bits per heavy atom. The molecule has 2 heteroatoms. The van der Waals surface area contributed by atoms with Gasteiger partial charge in [0.15, 0.2) is 0 Å². The van der Waals surface area contributed by atoms with Crippen LogP contribution in [-0.2, 0) is 4.74 Å². The third kappa shape index (κ3) is 1.52. The fraction of sp³-hybridized carbons (Fsp3) is 0.571. The fourth-order valence-corrected chi connectivity index (χ4v) is 3.03. The number of benzene rings is 1. The third-order valence-corrected chi connectivity index (χ3v) is 4.11. The molecule has 0 N–H and O–H groups in total. The first-order valence-electron chi connectivity index (χ1n) is 6.05. The van der Waals surface area contributed by atoms with E-state index in [0.29, 0.717) is 11.5 Å². The summed E-state index contributed by atoms with van der Waals surface area (Å²) in [5.41, 5.74) is 3.30. The smallest absolute Gasteiger partial charge is 0.0584 e. The molecule has 16 heavy (non-hydrogen) atoms. The molecule has 86 valence electrons. The van der Waals surface area contributed by atoms with Gasteiger partial charge < -0.3 is 9.64 Å². The predicted octanol–water partition coefficient (Wildman–Crippen LogP) is 2.61. The zero-order valence-corrected chi connectivity index (χ0v) is 10.1. The number of rotatable bonds is 2. The van der Waals surface area contributed by atoms with E-state index in [1.165, 1.54) is 37.2 Å². The van der Waals surface area contributed by atoms with Crippen LogP contribution in [0.5, 0.6) is 0 Å². The van der Waals surface area contributed by atoms with E-state index in [2.05, 4.69) is 36.1 Å². The highest BCUT2D eigenvalue weighted by Crippen LogP contribution is 2.50. The summed E-state index contributed by atoms with van der Waals surface area (Å²) in [6, 6.07) is 8.85. The molecule has 0 amide bonds. The summed E-state index contributed by atoms with van der Waals surface area (Å²) in [5.74, 6) is 0. The van der Waals surface area contributed by atoms with Crippen molar-refractivity contribution in [2.45, 2.75) is 25.9 Å². The van der Waals surface area contributed by atoms with Crippen LogP contribution < -0.4 is 4.90 Å². The van der Waals surface area contributed by atoms with Gasteiger partial charge in [-0.1, -0.05) is 17.7 Å². The molecular formula is C14H19NO. The Hall–Kier alpha value is -1.02. The lowest BCUT2D eigenvalue weighted by molar-refractivity contribution is -0.0731. The van der Waals surface area contributed by atoms with Crippen molar-refractivity contribution in [1.29, 1.82) is 0 Å². The third-order valence-electron chi connectivity index (χ3n) is 4.11. The van der Waals surface area contributed by atoms with Gasteiger partial charge in [0.1, 0.15) is 0 Å². The van der Waals surface area contributed by atoms with Crippen molar-refractivity contribution in [1.82, 2.24) is 0 Å². The number of anilines is 1. The molecule has 0 radical (unpaired) electrons. The van der Waals surface area contributed by atoms with Crippen LogP contribution >= 0.6 is 0 Å². The Morgan fingerprint density at radius 3 is 2.38 bits per heavy atom. The standard InChI is InChI=1S/C14H19NO/c1-11-3-5-12(6-4-11)15-9-14(10-15)7-13(8-14)16-2/h3-6,13H,7-10H2,1-2H3. The van der Waals surface area contributed by atoms with Crippen molar-refractivity contribution >= 4 is 5.69 Å². The molecule has 2 fully saturated rings. The fourth-order valence-electron chi connectivity index (χ4n) is 3.03. The molecule has 2 nitrogen and oxygen atoms in total. The zero-order valence-electron chi connectivity index (χ0n) is 10.1. The Kier molecular flexibility index (Phi) is 2.21. The number of nitrogens with zero attached hydrogens (tertiary/aromatic N) is 1. The number of aryl methyl sites for hydroxylation is 1. The van der Waals surface area contributed by atoms with Crippen LogP contribution in [0.1, 0.15) is 18.4 Å². The molecule has 0 aromatic heterocycles. The van der Waals surface area contributed by atoms with E-state index in [1.807, 2.05) is 7.11 Å². The molecule has 1 aliphatic carbocycles. The van der Waals surface area contributed by atoms with Crippen LogP contribution in [0.15, 0.2) is 24.3 Å². The van der Waals surface area contributed by atoms with Crippen molar-refractivity contribution in [3.05, 3.63) is 29.8 Å². The minimum Gasteiger partial charge on any atom is -0.381 e. The van der Waals surface area contributed by atoms with Crippen molar-refractivity contribution < 1.29 is 4.74 Å². The van der Waals surface area contributed by atoms with E-state index in [-0.39, 0.29) is 0 Å². The van der Waals surface area contributed by atoms with Gasteiger partial charge in [0.05, 0.1) is 6.10 Å². The van der Waals surface area contributed by atoms with Gasteiger partial charge in [0.25, 0.3) is 0 Å². The van der Waals surface area contributed by atoms with E-state index < -0.39 is 0 Å². The molecule has 1 saturated heterocycles. The van der Waals surface area contributed by atoms with Gasteiger partial charge in [-0.15, -0.1) is 0 Å². The number of hydrogen-bond donors (Lipinski definition) is 0. The van der Waals surface area contributed by atoms with Gasteiger partial charge in [-0.25, -0.2) is 0 Å². The first-order chi connectivity index (χ1) is 7.71. The highest BCUT2D eigenvalue weighted by atomic mass is 16.5. The molecule has 1 spiro atoms. The second-order valence-electron chi connectivity index (χ2n) is 5.46. The summed E-state index contributed by atoms with van der Waals surface area (Å²) in [5, 5.41) is 0. The van der Waals surface area contributed by atoms with Crippen molar-refractivity contribution in [2.24, 2.45) is 5.41 Å². The summed E-state index contributed by atoms with van der Waals surface area (Å²) in [6.07, 6.45) is 3.04. The molecular weight excluding hydrogens is 198 g/mol. The van der Waals surface area contributed by atoms with Crippen molar-refractivity contribution in [3.63, 3.8) is 0 Å². The number of methoxy groups -OCH3 is 1. The lowest BCUT2D eigenvalue weighted by Gasteiger charge is -2.59. The lowest BCUT2D eigenvalue weighted by atomic mass is 9.61. The van der Waals surface area contributed by atoms with Gasteiger partial charge in [0.2, 0.25) is 0 Å². The van der Waals surface area contributed by atoms with Gasteiger partial charge in [-0.3, -0.25) is 0 Å². The van der Waals surface area contributed by atoms with Gasteiger partial charge in [-0.05, 0) is 31.9 Å². The highest BCUT2D eigenvalue weighted by Gasteiger charge is 2.52. The minimum atomic E-state index is 0.528. The second-order valence-corrected chi connectivity index (χ2v) is 5.46. The topological polar surface area (TPSA) is 12.5 Å². The molecule has 0 unspecified atom stereocenters. The SMILES string of the molecule is COC1CC2(C1)CN(c1ccc(C)cc1)C2. The van der Waals surface area contributed by atoms with E-state index in [9.17, 15) is 0 Å². The Balaban J connectivity index is 1.60. The second kappa shape index (κ2) is 3.49. The summed E-state index contributed by atoms with van der Waals surface area (Å²) in [6.45, 7) is 4.57. The average molecular weight is 217 g/mol. The maximum absolute atomic E-state index is 5.36. The molecule has 1 saturated carbocycles. The first kappa shape index (κ1) is 10.2. The lowest BCUT2D eigenvalue weighted by Crippen LogP contribution is -2.64. The molecule has 1 aromatic rings. The number of ether oxygens (including phenoxy) is 1. The molecule has 0 bridgehead atoms. The van der Waals surface area contributed by atoms with Crippen LogP contribution in [0.3, 0.4) is 0 Å². The summed E-state index contributed by atoms with van der Waals surface area (Å²) >= 11 is 0. The molecule has 1 aromatic carbocycles. The van der Waals surface area contributed by atoms with Crippen LogP contribution in [0, 0.1) is 12.3 Å². The van der Waals surface area contributed by atoms with Crippen LogP contribution in [-0.4, -0.2) is 26.3 Å². The van der Waals surface area contributed by atoms with E-state index in [0.717, 1.165) is 0 Å². The molecule has 1 heterocycles. The largest absolute Gasteiger partial charge is 0.381 e. The summed E-state index contributed by atoms with van der Waals surface area (Å²) < 4.78 is 5.36. The van der Waals surface area contributed by atoms with Crippen molar-refractivity contribution in [2.75, 3.05) is 25.1 Å². The van der Waals surface area contributed by atoms with Crippen LogP contribution in [0.25, 0.3) is 0 Å². The molecule has 1 aliphatic heterocycles. The van der Waals surface area contributed by atoms with E-state index in [1.54, 1.807) is 0 Å². The quantitative estimate of drug-likeness (QED) is 0.755. The Morgan fingerprint density at radius 2 is 1.81 bits per heavy atom. The highest BCUT2D eigenvalue weighted by molar-refractivity contribution is 5.51. The van der Waals surface area contributed by atoms with Crippen molar-refractivity contribution in [3.8, 4) is 0 Å². The Labute approximate surface area is 97.2 Å². The normalized spacial score (nSPS) is 23.0. The van der Waals surface area contributed by atoms with E-state index >= 15 is 0 Å². The van der Waals surface area contributed by atoms with Crippen LogP contribution in [0.2, 0.25) is 0 Å². The zero-order chi connectivity index (χ0) is 11.2. The van der Waals surface area contributed by atoms with Gasteiger partial charge >= 0.3 is 0 Å². The maximum atomic E-state index is 5.36. The Bertz CT molecular complexity index is 370.